The molecule has 0 N–H and O–H groups in total. The molecule has 0 unspecified atom stereocenters. The monoisotopic (exact) mass is 480 g/mol. The SMILES string of the molecule is CCOC(=O)N1CCN(C(=O)Cn2nc(C(C)C)c3cnn(-c4ccc(C)c(C)c4)c3c2=O)CC1. The Hall–Kier alpha value is -3.69. The predicted molar refractivity (Wildman–Crippen MR) is 132 cm³/mol. The van der Waals surface area contributed by atoms with Crippen molar-refractivity contribution in [2.45, 2.75) is 47.1 Å². The van der Waals surface area contributed by atoms with Crippen molar-refractivity contribution in [1.29, 1.82) is 0 Å². The van der Waals surface area contributed by atoms with Gasteiger partial charge in [0.1, 0.15) is 12.1 Å². The zero-order valence-corrected chi connectivity index (χ0v) is 20.9. The highest BCUT2D eigenvalue weighted by atomic mass is 16.6. The van der Waals surface area contributed by atoms with E-state index in [1.54, 1.807) is 27.6 Å². The van der Waals surface area contributed by atoms with Crippen molar-refractivity contribution in [3.8, 4) is 5.69 Å². The standard InChI is InChI=1S/C25H32N6O4/c1-6-35-25(34)29-11-9-28(10-12-29)21(32)15-30-24(33)23-20(22(27-30)16(2)3)14-26-31(23)19-8-7-17(4)18(5)13-19/h7-8,13-14,16H,6,9-12,15H2,1-5H3. The molecule has 0 atom stereocenters. The fourth-order valence-electron chi connectivity index (χ4n) is 4.26. The molecule has 3 heterocycles. The number of carbonyl (C=O) groups excluding carboxylic acids is 2. The number of hydrogen-bond donors (Lipinski definition) is 0. The molecular weight excluding hydrogens is 448 g/mol. The first-order valence-electron chi connectivity index (χ1n) is 12.0. The van der Waals surface area contributed by atoms with E-state index in [1.165, 1.54) is 4.68 Å². The van der Waals surface area contributed by atoms with Crippen LogP contribution in [0.1, 0.15) is 43.5 Å². The maximum absolute atomic E-state index is 13.5. The van der Waals surface area contributed by atoms with E-state index in [0.717, 1.165) is 22.5 Å². The normalized spacial score (nSPS) is 14.1. The second-order valence-electron chi connectivity index (χ2n) is 9.16. The van der Waals surface area contributed by atoms with Crippen LogP contribution in [0.15, 0.2) is 29.2 Å². The lowest BCUT2D eigenvalue weighted by Gasteiger charge is -2.34. The minimum Gasteiger partial charge on any atom is -0.450 e. The van der Waals surface area contributed by atoms with Gasteiger partial charge in [-0.1, -0.05) is 19.9 Å². The van der Waals surface area contributed by atoms with Crippen LogP contribution in [0.5, 0.6) is 0 Å². The Balaban J connectivity index is 1.65. The van der Waals surface area contributed by atoms with E-state index in [4.69, 9.17) is 4.74 Å². The molecule has 4 rings (SSSR count). The number of ether oxygens (including phenoxy) is 1. The maximum Gasteiger partial charge on any atom is 0.409 e. The molecule has 1 aliphatic heterocycles. The lowest BCUT2D eigenvalue weighted by molar-refractivity contribution is -0.133. The Kier molecular flexibility index (Phi) is 6.90. The predicted octanol–water partition coefficient (Wildman–Crippen LogP) is 2.62. The van der Waals surface area contributed by atoms with Crippen molar-refractivity contribution in [2.75, 3.05) is 32.8 Å². The van der Waals surface area contributed by atoms with Crippen molar-refractivity contribution in [3.63, 3.8) is 0 Å². The molecule has 0 saturated carbocycles. The van der Waals surface area contributed by atoms with Crippen LogP contribution in [0.3, 0.4) is 0 Å². The van der Waals surface area contributed by atoms with E-state index in [9.17, 15) is 14.4 Å². The first-order chi connectivity index (χ1) is 16.7. The Morgan fingerprint density at radius 2 is 1.74 bits per heavy atom. The number of nitrogens with zero attached hydrogens (tertiary/aromatic N) is 6. The van der Waals surface area contributed by atoms with Gasteiger partial charge in [-0.05, 0) is 49.9 Å². The fraction of sp³-hybridized carbons (Fsp3) is 0.480. The number of fused-ring (bicyclic) bond motifs is 1. The Morgan fingerprint density at radius 1 is 1.06 bits per heavy atom. The largest absolute Gasteiger partial charge is 0.450 e. The van der Waals surface area contributed by atoms with Gasteiger partial charge in [0.2, 0.25) is 5.91 Å². The molecule has 0 spiro atoms. The fourth-order valence-corrected chi connectivity index (χ4v) is 4.26. The molecule has 35 heavy (non-hydrogen) atoms. The first kappa shape index (κ1) is 24.4. The number of piperazine rings is 1. The molecule has 10 heteroatoms. The Labute approximate surface area is 204 Å². The number of rotatable bonds is 5. The Bertz CT molecular complexity index is 1320. The summed E-state index contributed by atoms with van der Waals surface area (Å²) in [5, 5.41) is 9.76. The van der Waals surface area contributed by atoms with E-state index < -0.39 is 0 Å². The van der Waals surface area contributed by atoms with E-state index >= 15 is 0 Å². The molecule has 1 saturated heterocycles. The Morgan fingerprint density at radius 3 is 2.37 bits per heavy atom. The third-order valence-corrected chi connectivity index (χ3v) is 6.44. The first-order valence-corrected chi connectivity index (χ1v) is 12.0. The zero-order valence-electron chi connectivity index (χ0n) is 20.9. The quantitative estimate of drug-likeness (QED) is 0.556. The molecule has 0 radical (unpaired) electrons. The summed E-state index contributed by atoms with van der Waals surface area (Å²) in [5.74, 6) is -0.181. The topological polar surface area (TPSA) is 103 Å². The van der Waals surface area contributed by atoms with Gasteiger partial charge < -0.3 is 14.5 Å². The van der Waals surface area contributed by atoms with Gasteiger partial charge in [0.15, 0.2) is 0 Å². The van der Waals surface area contributed by atoms with Gasteiger partial charge in [0.05, 0.1) is 24.2 Å². The number of aryl methyl sites for hydroxylation is 2. The van der Waals surface area contributed by atoms with Crippen LogP contribution in [-0.2, 0) is 16.1 Å². The summed E-state index contributed by atoms with van der Waals surface area (Å²) in [6, 6.07) is 5.93. The highest BCUT2D eigenvalue weighted by Gasteiger charge is 2.26. The summed E-state index contributed by atoms with van der Waals surface area (Å²) < 4.78 is 7.92. The molecular formula is C25H32N6O4. The van der Waals surface area contributed by atoms with Crippen LogP contribution in [0.2, 0.25) is 0 Å². The third kappa shape index (κ3) is 4.78. The van der Waals surface area contributed by atoms with Gasteiger partial charge in [0, 0.05) is 31.6 Å². The zero-order chi connectivity index (χ0) is 25.3. The molecule has 1 aliphatic rings. The average Bonchev–Trinajstić information content (AvgIpc) is 3.28. The van der Waals surface area contributed by atoms with Gasteiger partial charge in [-0.25, -0.2) is 14.2 Å². The van der Waals surface area contributed by atoms with E-state index in [1.807, 2.05) is 45.9 Å². The van der Waals surface area contributed by atoms with Gasteiger partial charge in [0.25, 0.3) is 5.56 Å². The van der Waals surface area contributed by atoms with Gasteiger partial charge in [-0.2, -0.15) is 10.2 Å². The molecule has 1 aromatic carbocycles. The summed E-state index contributed by atoms with van der Waals surface area (Å²) in [6.07, 6.45) is 1.30. The minimum atomic E-state index is -0.371. The van der Waals surface area contributed by atoms with Crippen LogP contribution in [0.25, 0.3) is 16.6 Å². The summed E-state index contributed by atoms with van der Waals surface area (Å²) in [4.78, 5) is 41.8. The minimum absolute atomic E-state index is 0.0324. The lowest BCUT2D eigenvalue weighted by Crippen LogP contribution is -2.51. The van der Waals surface area contributed by atoms with Crippen LogP contribution in [0.4, 0.5) is 4.79 Å². The molecule has 186 valence electrons. The van der Waals surface area contributed by atoms with E-state index in [2.05, 4.69) is 10.2 Å². The van der Waals surface area contributed by atoms with Crippen LogP contribution in [0, 0.1) is 13.8 Å². The number of hydrogen-bond acceptors (Lipinski definition) is 6. The van der Waals surface area contributed by atoms with Crippen molar-refractivity contribution in [2.24, 2.45) is 0 Å². The number of carbonyl (C=O) groups is 2. The van der Waals surface area contributed by atoms with Gasteiger partial charge >= 0.3 is 6.09 Å². The van der Waals surface area contributed by atoms with Crippen molar-refractivity contribution in [1.82, 2.24) is 29.4 Å². The molecule has 0 bridgehead atoms. The third-order valence-electron chi connectivity index (χ3n) is 6.44. The van der Waals surface area contributed by atoms with Gasteiger partial charge in [-0.3, -0.25) is 9.59 Å². The number of aromatic nitrogens is 4. The smallest absolute Gasteiger partial charge is 0.409 e. The van der Waals surface area contributed by atoms with Crippen molar-refractivity contribution in [3.05, 3.63) is 51.6 Å². The second-order valence-corrected chi connectivity index (χ2v) is 9.16. The summed E-state index contributed by atoms with van der Waals surface area (Å²) in [7, 11) is 0. The van der Waals surface area contributed by atoms with Gasteiger partial charge in [-0.15, -0.1) is 0 Å². The average molecular weight is 481 g/mol. The molecule has 2 amide bonds. The summed E-state index contributed by atoms with van der Waals surface area (Å²) in [6.45, 7) is 11.5. The highest BCUT2D eigenvalue weighted by Crippen LogP contribution is 2.24. The number of benzene rings is 1. The number of amides is 2. The molecule has 2 aromatic heterocycles. The molecule has 3 aromatic rings. The summed E-state index contributed by atoms with van der Waals surface area (Å²) in [5.41, 5.74) is 3.80. The molecule has 10 nitrogen and oxygen atoms in total. The van der Waals surface area contributed by atoms with Crippen molar-refractivity contribution < 1.29 is 14.3 Å². The highest BCUT2D eigenvalue weighted by molar-refractivity contribution is 5.83. The van der Waals surface area contributed by atoms with Crippen molar-refractivity contribution >= 4 is 22.9 Å². The lowest BCUT2D eigenvalue weighted by atomic mass is 10.1. The summed E-state index contributed by atoms with van der Waals surface area (Å²) >= 11 is 0. The van der Waals surface area contributed by atoms with E-state index in [-0.39, 0.29) is 30.0 Å². The van der Waals surface area contributed by atoms with Crippen LogP contribution in [-0.4, -0.2) is 74.1 Å². The molecule has 0 aliphatic carbocycles. The second kappa shape index (κ2) is 9.89. The van der Waals surface area contributed by atoms with Crippen LogP contribution >= 0.6 is 0 Å². The van der Waals surface area contributed by atoms with Crippen LogP contribution < -0.4 is 5.56 Å². The maximum atomic E-state index is 13.5. The molecule has 1 fully saturated rings. The van der Waals surface area contributed by atoms with E-state index in [0.29, 0.717) is 43.7 Å².